The van der Waals surface area contributed by atoms with Gasteiger partial charge in [-0.25, -0.2) is 0 Å². The van der Waals surface area contributed by atoms with Crippen LogP contribution in [0, 0.1) is 11.3 Å². The highest BCUT2D eigenvalue weighted by molar-refractivity contribution is 5.35. The maximum atomic E-state index is 8.94. The largest absolute Gasteiger partial charge is 0.264 e. The molecule has 1 aromatic carbocycles. The lowest BCUT2D eigenvalue weighted by Crippen LogP contribution is -1.95. The van der Waals surface area contributed by atoms with Gasteiger partial charge in [-0.1, -0.05) is 30.3 Å². The van der Waals surface area contributed by atoms with Crippen LogP contribution in [0.1, 0.15) is 16.7 Å². The Morgan fingerprint density at radius 2 is 1.88 bits per heavy atom. The number of benzene rings is 1. The molecule has 0 aliphatic carbocycles. The smallest absolute Gasteiger partial charge is 0.0995 e. The molecule has 0 spiro atoms. The summed E-state index contributed by atoms with van der Waals surface area (Å²) in [4.78, 5) is 4.05. The van der Waals surface area contributed by atoms with E-state index in [1.165, 1.54) is 5.56 Å². The number of nitriles is 1. The van der Waals surface area contributed by atoms with Crippen molar-refractivity contribution in [1.29, 1.82) is 5.26 Å². The average Bonchev–Trinajstić information content (AvgIpc) is 2.38. The van der Waals surface area contributed by atoms with Crippen molar-refractivity contribution in [3.63, 3.8) is 0 Å². The van der Waals surface area contributed by atoms with Gasteiger partial charge in [0.05, 0.1) is 11.6 Å². The van der Waals surface area contributed by atoms with Crippen LogP contribution in [0.4, 0.5) is 0 Å². The molecule has 0 saturated heterocycles. The van der Waals surface area contributed by atoms with E-state index in [4.69, 9.17) is 5.26 Å². The summed E-state index contributed by atoms with van der Waals surface area (Å²) in [5.74, 6) is 0. The minimum Gasteiger partial charge on any atom is -0.264 e. The van der Waals surface area contributed by atoms with Crippen LogP contribution in [-0.2, 0) is 12.8 Å². The molecule has 0 bridgehead atoms. The molecular formula is C14H12N2. The highest BCUT2D eigenvalue weighted by Crippen LogP contribution is 2.10. The highest BCUT2D eigenvalue weighted by Gasteiger charge is 2.01. The Kier molecular flexibility index (Phi) is 3.30. The zero-order valence-electron chi connectivity index (χ0n) is 8.93. The van der Waals surface area contributed by atoms with Gasteiger partial charge < -0.3 is 0 Å². The van der Waals surface area contributed by atoms with Crippen molar-refractivity contribution in [1.82, 2.24) is 4.98 Å². The van der Waals surface area contributed by atoms with Gasteiger partial charge >= 0.3 is 0 Å². The number of hydrogen-bond donors (Lipinski definition) is 0. The van der Waals surface area contributed by atoms with Crippen LogP contribution in [0.3, 0.4) is 0 Å². The third-order valence-electron chi connectivity index (χ3n) is 2.55. The van der Waals surface area contributed by atoms with E-state index in [2.05, 4.69) is 23.2 Å². The Hall–Kier alpha value is -2.14. The fourth-order valence-electron chi connectivity index (χ4n) is 1.66. The number of hydrogen-bond acceptors (Lipinski definition) is 2. The molecule has 0 fully saturated rings. The van der Waals surface area contributed by atoms with Crippen LogP contribution in [0.25, 0.3) is 0 Å². The normalized spacial score (nSPS) is 9.69. The van der Waals surface area contributed by atoms with Crippen molar-refractivity contribution < 1.29 is 0 Å². The van der Waals surface area contributed by atoms with E-state index < -0.39 is 0 Å². The van der Waals surface area contributed by atoms with Crippen molar-refractivity contribution in [2.75, 3.05) is 0 Å². The summed E-state index contributed by atoms with van der Waals surface area (Å²) in [6.45, 7) is 0. The van der Waals surface area contributed by atoms with Crippen LogP contribution in [0.15, 0.2) is 48.8 Å². The van der Waals surface area contributed by atoms with Crippen LogP contribution < -0.4 is 0 Å². The summed E-state index contributed by atoms with van der Waals surface area (Å²) in [5, 5.41) is 8.94. The average molecular weight is 208 g/mol. The molecule has 1 heterocycles. The fourth-order valence-corrected chi connectivity index (χ4v) is 1.66. The molecule has 0 radical (unpaired) electrons. The van der Waals surface area contributed by atoms with Gasteiger partial charge in [0.2, 0.25) is 0 Å². The minimum absolute atomic E-state index is 0.728. The van der Waals surface area contributed by atoms with E-state index in [1.54, 1.807) is 18.5 Å². The van der Waals surface area contributed by atoms with E-state index >= 15 is 0 Å². The van der Waals surface area contributed by atoms with Gasteiger partial charge in [0.25, 0.3) is 0 Å². The fraction of sp³-hybridized carbons (Fsp3) is 0.143. The SMILES string of the molecule is N#Cc1ccncc1CCc1ccccc1. The van der Waals surface area contributed by atoms with E-state index in [-0.39, 0.29) is 0 Å². The van der Waals surface area contributed by atoms with Gasteiger partial charge in [-0.3, -0.25) is 4.98 Å². The molecule has 16 heavy (non-hydrogen) atoms. The standard InChI is InChI=1S/C14H12N2/c15-10-13-8-9-16-11-14(13)7-6-12-4-2-1-3-5-12/h1-5,8-9,11H,6-7H2. The Balaban J connectivity index is 2.09. The van der Waals surface area contributed by atoms with Crippen LogP contribution in [0.5, 0.6) is 0 Å². The van der Waals surface area contributed by atoms with Gasteiger partial charge in [-0.2, -0.15) is 5.26 Å². The van der Waals surface area contributed by atoms with Crippen molar-refractivity contribution in [3.8, 4) is 6.07 Å². The van der Waals surface area contributed by atoms with Crippen molar-refractivity contribution in [3.05, 3.63) is 65.5 Å². The first kappa shape index (κ1) is 10.4. The van der Waals surface area contributed by atoms with E-state index in [9.17, 15) is 0 Å². The van der Waals surface area contributed by atoms with Crippen LogP contribution in [0.2, 0.25) is 0 Å². The summed E-state index contributed by atoms with van der Waals surface area (Å²) in [5.41, 5.74) is 3.04. The minimum atomic E-state index is 0.728. The zero-order valence-corrected chi connectivity index (χ0v) is 8.93. The Morgan fingerprint density at radius 3 is 2.62 bits per heavy atom. The highest BCUT2D eigenvalue weighted by atomic mass is 14.6. The third-order valence-corrected chi connectivity index (χ3v) is 2.55. The molecular weight excluding hydrogens is 196 g/mol. The second-order valence-corrected chi connectivity index (χ2v) is 3.63. The summed E-state index contributed by atoms with van der Waals surface area (Å²) in [6, 6.07) is 14.2. The van der Waals surface area contributed by atoms with Gasteiger partial charge in [-0.15, -0.1) is 0 Å². The Bertz CT molecular complexity index is 498. The second kappa shape index (κ2) is 5.09. The third kappa shape index (κ3) is 2.46. The Labute approximate surface area is 95.2 Å². The number of pyridine rings is 1. The van der Waals surface area contributed by atoms with E-state index in [0.717, 1.165) is 24.0 Å². The molecule has 0 atom stereocenters. The summed E-state index contributed by atoms with van der Waals surface area (Å²) in [6.07, 6.45) is 5.24. The molecule has 78 valence electrons. The number of aromatic nitrogens is 1. The molecule has 0 aliphatic rings. The molecule has 0 saturated carbocycles. The summed E-state index contributed by atoms with van der Waals surface area (Å²) in [7, 11) is 0. The Morgan fingerprint density at radius 1 is 1.06 bits per heavy atom. The zero-order chi connectivity index (χ0) is 11.2. The predicted molar refractivity (Wildman–Crippen MR) is 62.8 cm³/mol. The topological polar surface area (TPSA) is 36.7 Å². The molecule has 2 nitrogen and oxygen atoms in total. The molecule has 0 unspecified atom stereocenters. The first-order valence-electron chi connectivity index (χ1n) is 5.27. The lowest BCUT2D eigenvalue weighted by molar-refractivity contribution is 0.945. The van der Waals surface area contributed by atoms with Crippen LogP contribution >= 0.6 is 0 Å². The summed E-state index contributed by atoms with van der Waals surface area (Å²) >= 11 is 0. The van der Waals surface area contributed by atoms with Gasteiger partial charge in [0.1, 0.15) is 0 Å². The molecule has 1 aromatic heterocycles. The molecule has 0 N–H and O–H groups in total. The van der Waals surface area contributed by atoms with Crippen LogP contribution in [-0.4, -0.2) is 4.98 Å². The quantitative estimate of drug-likeness (QED) is 0.777. The van der Waals surface area contributed by atoms with E-state index in [0.29, 0.717) is 0 Å². The van der Waals surface area contributed by atoms with Gasteiger partial charge in [0, 0.05) is 12.4 Å². The lowest BCUT2D eigenvalue weighted by Gasteiger charge is -2.03. The predicted octanol–water partition coefficient (Wildman–Crippen LogP) is 2.74. The number of rotatable bonds is 3. The van der Waals surface area contributed by atoms with E-state index in [1.807, 2.05) is 18.2 Å². The van der Waals surface area contributed by atoms with Gasteiger partial charge in [-0.05, 0) is 30.0 Å². The first-order chi connectivity index (χ1) is 7.90. The lowest BCUT2D eigenvalue weighted by atomic mass is 10.0. The summed E-state index contributed by atoms with van der Waals surface area (Å²) < 4.78 is 0. The number of nitrogens with zero attached hydrogens (tertiary/aromatic N) is 2. The van der Waals surface area contributed by atoms with Gasteiger partial charge in [0.15, 0.2) is 0 Å². The van der Waals surface area contributed by atoms with Crippen molar-refractivity contribution in [2.45, 2.75) is 12.8 Å². The molecule has 2 rings (SSSR count). The monoisotopic (exact) mass is 208 g/mol. The first-order valence-corrected chi connectivity index (χ1v) is 5.27. The number of aryl methyl sites for hydroxylation is 2. The second-order valence-electron chi connectivity index (χ2n) is 3.63. The maximum absolute atomic E-state index is 8.94. The molecule has 2 aromatic rings. The molecule has 0 amide bonds. The molecule has 0 aliphatic heterocycles. The van der Waals surface area contributed by atoms with Crippen molar-refractivity contribution >= 4 is 0 Å². The maximum Gasteiger partial charge on any atom is 0.0995 e. The van der Waals surface area contributed by atoms with Crippen molar-refractivity contribution in [2.24, 2.45) is 0 Å². The molecule has 2 heteroatoms.